The summed E-state index contributed by atoms with van der Waals surface area (Å²) in [5.74, 6) is 1.28. The summed E-state index contributed by atoms with van der Waals surface area (Å²) in [6.45, 7) is 1.71. The smallest absolute Gasteiger partial charge is 0.300 e. The Morgan fingerprint density at radius 3 is 2.77 bits per heavy atom. The number of aromatic nitrogens is 2. The normalized spacial score (nSPS) is 12.3. The third-order valence-electron chi connectivity index (χ3n) is 4.04. The zero-order chi connectivity index (χ0) is 22.1. The third kappa shape index (κ3) is 6.91. The minimum atomic E-state index is -0.493. The molecule has 31 heavy (non-hydrogen) atoms. The molecule has 0 aliphatic carbocycles. The molecular formula is C21H25FN7O2+. The van der Waals surface area contributed by atoms with Crippen molar-refractivity contribution in [1.82, 2.24) is 9.97 Å². The van der Waals surface area contributed by atoms with Gasteiger partial charge in [-0.3, -0.25) is 0 Å². The molecule has 1 atom stereocenters. The molecule has 2 aromatic carbocycles. The minimum absolute atomic E-state index is 0.102. The predicted molar refractivity (Wildman–Crippen MR) is 117 cm³/mol. The Balaban J connectivity index is 1.59. The zero-order valence-electron chi connectivity index (χ0n) is 17.0. The number of nitrogens with zero attached hydrogens (tertiary/aromatic N) is 3. The van der Waals surface area contributed by atoms with Crippen molar-refractivity contribution < 1.29 is 19.6 Å². The first kappa shape index (κ1) is 21.9. The number of benzene rings is 2. The lowest BCUT2D eigenvalue weighted by Gasteiger charge is -2.13. The van der Waals surface area contributed by atoms with Gasteiger partial charge in [0.25, 0.3) is 5.96 Å². The van der Waals surface area contributed by atoms with Crippen molar-refractivity contribution in [1.29, 1.82) is 0 Å². The van der Waals surface area contributed by atoms with Crippen LogP contribution in [0.15, 0.2) is 65.9 Å². The quantitative estimate of drug-likeness (QED) is 0.260. The number of guanidine groups is 1. The van der Waals surface area contributed by atoms with Gasteiger partial charge < -0.3 is 26.2 Å². The molecule has 1 unspecified atom stereocenters. The summed E-state index contributed by atoms with van der Waals surface area (Å²) in [6.07, 6.45) is 0.945. The van der Waals surface area contributed by atoms with Gasteiger partial charge in [-0.15, -0.1) is 0 Å². The molecule has 0 radical (unpaired) electrons. The molecule has 9 nitrogen and oxygen atoms in total. The molecule has 7 N–H and O–H groups in total. The van der Waals surface area contributed by atoms with E-state index >= 15 is 0 Å². The monoisotopic (exact) mass is 426 g/mol. The van der Waals surface area contributed by atoms with E-state index < -0.39 is 12.0 Å². The Kier molecular flexibility index (Phi) is 7.68. The van der Waals surface area contributed by atoms with Gasteiger partial charge >= 0.3 is 0 Å². The molecule has 1 aromatic heterocycles. The van der Waals surface area contributed by atoms with E-state index in [0.29, 0.717) is 17.4 Å². The molecule has 3 rings (SSSR count). The molecule has 3 aromatic rings. The number of anilines is 3. The van der Waals surface area contributed by atoms with Gasteiger partial charge in [0, 0.05) is 11.8 Å². The highest BCUT2D eigenvalue weighted by atomic mass is 19.1. The Bertz CT molecular complexity index is 1020. The molecule has 0 saturated carbocycles. The number of quaternary nitrogens is 1. The lowest BCUT2D eigenvalue weighted by molar-refractivity contribution is -0.450. The first-order valence-electron chi connectivity index (χ1n) is 9.65. The number of hydrogen-bond acceptors (Lipinski definition) is 7. The van der Waals surface area contributed by atoms with E-state index in [0.717, 1.165) is 5.69 Å². The van der Waals surface area contributed by atoms with Crippen molar-refractivity contribution in [3.63, 3.8) is 0 Å². The molecule has 10 heteroatoms. The fraction of sp³-hybridized carbons (Fsp3) is 0.190. The number of nitrogens with two attached hydrogens (primary N) is 2. The highest BCUT2D eigenvalue weighted by Gasteiger charge is 2.10. The summed E-state index contributed by atoms with van der Waals surface area (Å²) in [7, 11) is 0. The number of aliphatic hydroxyl groups is 1. The molecule has 0 saturated heterocycles. The SMILES string of the molecule is CC(/N=C(/N)[NH2+]c1cc(Nc2ccccc2)ncn1)Nc1ccc(OCCO)cc1F. The van der Waals surface area contributed by atoms with Crippen molar-refractivity contribution in [3.8, 4) is 5.75 Å². The van der Waals surface area contributed by atoms with Crippen LogP contribution >= 0.6 is 0 Å². The molecule has 1 heterocycles. The van der Waals surface area contributed by atoms with E-state index in [1.165, 1.54) is 12.4 Å². The van der Waals surface area contributed by atoms with Crippen LogP contribution in [0.1, 0.15) is 6.92 Å². The van der Waals surface area contributed by atoms with Crippen LogP contribution in [0.2, 0.25) is 0 Å². The number of aliphatic imine (C=N–C) groups is 1. The number of ether oxygens (including phenoxy) is 1. The van der Waals surface area contributed by atoms with Crippen molar-refractivity contribution in [2.45, 2.75) is 13.1 Å². The predicted octanol–water partition coefficient (Wildman–Crippen LogP) is 1.70. The van der Waals surface area contributed by atoms with E-state index in [4.69, 9.17) is 15.6 Å². The number of para-hydroxylation sites is 1. The maximum atomic E-state index is 14.2. The first-order valence-corrected chi connectivity index (χ1v) is 9.65. The second-order valence-corrected chi connectivity index (χ2v) is 6.55. The average molecular weight is 426 g/mol. The number of nitrogens with one attached hydrogen (secondary N) is 2. The highest BCUT2D eigenvalue weighted by Crippen LogP contribution is 2.21. The Morgan fingerprint density at radius 1 is 1.23 bits per heavy atom. The van der Waals surface area contributed by atoms with Gasteiger partial charge in [0.05, 0.1) is 18.4 Å². The van der Waals surface area contributed by atoms with Gasteiger partial charge in [-0.05, 0) is 31.2 Å². The average Bonchev–Trinajstić information content (AvgIpc) is 2.75. The van der Waals surface area contributed by atoms with Crippen molar-refractivity contribution >= 4 is 29.0 Å². The van der Waals surface area contributed by atoms with Crippen LogP contribution in [0.5, 0.6) is 5.75 Å². The Hall–Kier alpha value is -3.76. The van der Waals surface area contributed by atoms with Gasteiger partial charge in [0.15, 0.2) is 0 Å². The van der Waals surface area contributed by atoms with Gasteiger partial charge in [-0.25, -0.2) is 14.7 Å². The first-order chi connectivity index (χ1) is 15.0. The van der Waals surface area contributed by atoms with E-state index in [2.05, 4.69) is 25.6 Å². The van der Waals surface area contributed by atoms with Crippen LogP contribution in [0.4, 0.5) is 27.4 Å². The maximum absolute atomic E-state index is 14.2. The summed E-state index contributed by atoms with van der Waals surface area (Å²) in [5.41, 5.74) is 7.18. The largest absolute Gasteiger partial charge is 0.491 e. The lowest BCUT2D eigenvalue weighted by atomic mass is 10.3. The highest BCUT2D eigenvalue weighted by molar-refractivity contribution is 5.70. The number of hydrogen-bond donors (Lipinski definition) is 5. The Labute approximate surface area is 179 Å². The molecule has 0 bridgehead atoms. The molecule has 0 spiro atoms. The molecule has 0 amide bonds. The topological polar surface area (TPSA) is 134 Å². The van der Waals surface area contributed by atoms with Crippen molar-refractivity contribution in [2.75, 3.05) is 23.8 Å². The summed E-state index contributed by atoms with van der Waals surface area (Å²) in [6, 6.07) is 15.8. The second-order valence-electron chi connectivity index (χ2n) is 6.55. The standard InChI is InChI=1S/C21H24FN7O2/c1-14(26-18-8-7-16(11-17(18)22)31-10-9-30)27-21(23)29-20-12-19(24-13-25-20)28-15-5-3-2-4-6-15/h2-8,11-14,26,30H,9-10H2,1H3,(H4,23,24,25,27,28,29)/p+1. The van der Waals surface area contributed by atoms with E-state index in [1.54, 1.807) is 30.4 Å². The van der Waals surface area contributed by atoms with Crippen molar-refractivity contribution in [3.05, 3.63) is 66.7 Å². The van der Waals surface area contributed by atoms with E-state index in [-0.39, 0.29) is 24.9 Å². The molecule has 0 fully saturated rings. The Morgan fingerprint density at radius 2 is 2.03 bits per heavy atom. The summed E-state index contributed by atoms with van der Waals surface area (Å²) in [5, 5.41) is 16.5. The number of aliphatic hydroxyl groups excluding tert-OH is 1. The molecule has 0 aliphatic heterocycles. The zero-order valence-corrected chi connectivity index (χ0v) is 17.0. The molecule has 162 valence electrons. The molecule has 0 aliphatic rings. The van der Waals surface area contributed by atoms with Gasteiger partial charge in [-0.2, -0.15) is 9.98 Å². The van der Waals surface area contributed by atoms with Crippen LogP contribution in [0.3, 0.4) is 0 Å². The van der Waals surface area contributed by atoms with Crippen LogP contribution < -0.4 is 26.4 Å². The third-order valence-corrected chi connectivity index (χ3v) is 4.04. The van der Waals surface area contributed by atoms with Gasteiger partial charge in [0.2, 0.25) is 5.82 Å². The summed E-state index contributed by atoms with van der Waals surface area (Å²) < 4.78 is 19.4. The lowest BCUT2D eigenvalue weighted by Crippen LogP contribution is -2.85. The minimum Gasteiger partial charge on any atom is -0.491 e. The van der Waals surface area contributed by atoms with Crippen molar-refractivity contribution in [2.24, 2.45) is 10.7 Å². The van der Waals surface area contributed by atoms with E-state index in [9.17, 15) is 4.39 Å². The van der Waals surface area contributed by atoms with Gasteiger partial charge in [-0.1, -0.05) is 18.2 Å². The fourth-order valence-corrected chi connectivity index (χ4v) is 2.72. The van der Waals surface area contributed by atoms with Crippen LogP contribution in [-0.4, -0.2) is 40.4 Å². The van der Waals surface area contributed by atoms with Crippen LogP contribution in [0.25, 0.3) is 0 Å². The second kappa shape index (κ2) is 10.9. The number of halogens is 1. The summed E-state index contributed by atoms with van der Waals surface area (Å²) >= 11 is 0. The van der Waals surface area contributed by atoms with Crippen LogP contribution in [0, 0.1) is 5.82 Å². The maximum Gasteiger partial charge on any atom is 0.300 e. The van der Waals surface area contributed by atoms with Crippen LogP contribution in [-0.2, 0) is 0 Å². The fourth-order valence-electron chi connectivity index (χ4n) is 2.72. The molecular weight excluding hydrogens is 401 g/mol. The number of rotatable bonds is 9. The van der Waals surface area contributed by atoms with E-state index in [1.807, 2.05) is 30.3 Å². The summed E-state index contributed by atoms with van der Waals surface area (Å²) in [4.78, 5) is 12.7. The van der Waals surface area contributed by atoms with Gasteiger partial charge in [0.1, 0.15) is 36.5 Å².